The Labute approximate surface area is 112 Å². The molecular weight excluding hydrogens is 238 g/mol. The van der Waals surface area contributed by atoms with Gasteiger partial charge in [0.15, 0.2) is 0 Å². The summed E-state index contributed by atoms with van der Waals surface area (Å²) in [6.07, 6.45) is 3.28. The molecule has 1 heterocycles. The maximum atomic E-state index is 12.1. The number of amides is 1. The predicted octanol–water partition coefficient (Wildman–Crippen LogP) is 2.41. The maximum Gasteiger partial charge on any atom is 0.257 e. The topological polar surface area (TPSA) is 68.0 Å². The van der Waals surface area contributed by atoms with Crippen LogP contribution in [0, 0.1) is 13.8 Å². The van der Waals surface area contributed by atoms with E-state index in [0.717, 1.165) is 22.4 Å². The van der Waals surface area contributed by atoms with Crippen molar-refractivity contribution in [2.24, 2.45) is 5.73 Å². The summed E-state index contributed by atoms with van der Waals surface area (Å²) >= 11 is 0. The van der Waals surface area contributed by atoms with Crippen LogP contribution in [-0.2, 0) is 6.54 Å². The van der Waals surface area contributed by atoms with Crippen molar-refractivity contribution in [1.29, 1.82) is 0 Å². The fraction of sp³-hybridized carbons (Fsp3) is 0.200. The number of carbonyl (C=O) groups is 1. The van der Waals surface area contributed by atoms with Crippen molar-refractivity contribution in [3.05, 3.63) is 58.9 Å². The largest absolute Gasteiger partial charge is 0.326 e. The van der Waals surface area contributed by atoms with E-state index in [-0.39, 0.29) is 5.91 Å². The minimum atomic E-state index is -0.159. The molecule has 0 aliphatic rings. The second kappa shape index (κ2) is 5.63. The number of anilines is 1. The number of carbonyl (C=O) groups excluding carboxylic acids is 1. The summed E-state index contributed by atoms with van der Waals surface area (Å²) in [7, 11) is 0. The Morgan fingerprint density at radius 1 is 1.26 bits per heavy atom. The van der Waals surface area contributed by atoms with Gasteiger partial charge < -0.3 is 11.1 Å². The lowest BCUT2D eigenvalue weighted by Crippen LogP contribution is -2.13. The molecule has 1 aromatic heterocycles. The molecular formula is C15H17N3O. The van der Waals surface area contributed by atoms with Crippen molar-refractivity contribution in [2.45, 2.75) is 20.4 Å². The molecule has 4 nitrogen and oxygen atoms in total. The summed E-state index contributed by atoms with van der Waals surface area (Å²) in [5.41, 5.74) is 9.90. The van der Waals surface area contributed by atoms with Gasteiger partial charge in [-0.15, -0.1) is 0 Å². The molecule has 2 aromatic rings. The first kappa shape index (κ1) is 13.2. The van der Waals surface area contributed by atoms with Crippen LogP contribution in [-0.4, -0.2) is 10.9 Å². The Hall–Kier alpha value is -2.20. The van der Waals surface area contributed by atoms with Crippen molar-refractivity contribution in [3.63, 3.8) is 0 Å². The normalized spacial score (nSPS) is 10.3. The van der Waals surface area contributed by atoms with E-state index < -0.39 is 0 Å². The molecule has 0 saturated heterocycles. The van der Waals surface area contributed by atoms with Crippen molar-refractivity contribution in [1.82, 2.24) is 4.98 Å². The Morgan fingerprint density at radius 3 is 2.74 bits per heavy atom. The van der Waals surface area contributed by atoms with Crippen LogP contribution in [0.4, 0.5) is 5.69 Å². The van der Waals surface area contributed by atoms with Gasteiger partial charge in [0, 0.05) is 24.6 Å². The molecule has 98 valence electrons. The zero-order valence-corrected chi connectivity index (χ0v) is 11.1. The summed E-state index contributed by atoms with van der Waals surface area (Å²) in [6.45, 7) is 4.31. The number of hydrogen-bond acceptors (Lipinski definition) is 3. The number of pyridine rings is 1. The first-order chi connectivity index (χ1) is 9.10. The molecule has 0 radical (unpaired) electrons. The number of rotatable bonds is 3. The first-order valence-corrected chi connectivity index (χ1v) is 6.13. The van der Waals surface area contributed by atoms with Crippen molar-refractivity contribution in [3.8, 4) is 0 Å². The summed E-state index contributed by atoms with van der Waals surface area (Å²) in [6, 6.07) is 7.62. The zero-order chi connectivity index (χ0) is 13.8. The predicted molar refractivity (Wildman–Crippen MR) is 76.0 cm³/mol. The highest BCUT2D eigenvalue weighted by atomic mass is 16.1. The van der Waals surface area contributed by atoms with E-state index in [1.807, 2.05) is 38.1 Å². The molecule has 4 heteroatoms. The number of hydrogen-bond donors (Lipinski definition) is 2. The molecule has 0 saturated carbocycles. The minimum Gasteiger partial charge on any atom is -0.326 e. The van der Waals surface area contributed by atoms with E-state index in [2.05, 4.69) is 10.3 Å². The van der Waals surface area contributed by atoms with Crippen molar-refractivity contribution < 1.29 is 4.79 Å². The number of benzene rings is 1. The zero-order valence-electron chi connectivity index (χ0n) is 11.1. The lowest BCUT2D eigenvalue weighted by molar-refractivity contribution is 0.102. The highest BCUT2D eigenvalue weighted by molar-refractivity contribution is 6.04. The number of nitrogens with one attached hydrogen (secondary N) is 1. The molecule has 0 unspecified atom stereocenters. The fourth-order valence-electron chi connectivity index (χ4n) is 1.80. The van der Waals surface area contributed by atoms with Gasteiger partial charge in [-0.05, 0) is 42.7 Å². The van der Waals surface area contributed by atoms with Crippen LogP contribution >= 0.6 is 0 Å². The third kappa shape index (κ3) is 3.17. The van der Waals surface area contributed by atoms with Crippen molar-refractivity contribution in [2.75, 3.05) is 5.32 Å². The van der Waals surface area contributed by atoms with E-state index in [9.17, 15) is 4.79 Å². The van der Waals surface area contributed by atoms with E-state index in [1.54, 1.807) is 12.4 Å². The third-order valence-corrected chi connectivity index (χ3v) is 2.92. The quantitative estimate of drug-likeness (QED) is 0.885. The molecule has 0 spiro atoms. The highest BCUT2D eigenvalue weighted by Crippen LogP contribution is 2.17. The van der Waals surface area contributed by atoms with E-state index in [0.29, 0.717) is 12.1 Å². The van der Waals surface area contributed by atoms with E-state index in [4.69, 9.17) is 5.73 Å². The lowest BCUT2D eigenvalue weighted by atomic mass is 10.1. The van der Waals surface area contributed by atoms with Gasteiger partial charge in [0.1, 0.15) is 0 Å². The van der Waals surface area contributed by atoms with Gasteiger partial charge in [-0.25, -0.2) is 0 Å². The fourth-order valence-corrected chi connectivity index (χ4v) is 1.80. The Morgan fingerprint density at radius 2 is 2.05 bits per heavy atom. The van der Waals surface area contributed by atoms with Crippen LogP contribution in [0.3, 0.4) is 0 Å². The Kier molecular flexibility index (Phi) is 3.92. The van der Waals surface area contributed by atoms with Gasteiger partial charge in [0.25, 0.3) is 5.91 Å². The Bertz CT molecular complexity index is 608. The number of nitrogens with two attached hydrogens (primary N) is 1. The van der Waals surface area contributed by atoms with Gasteiger partial charge in [0.05, 0.1) is 5.56 Å². The summed E-state index contributed by atoms with van der Waals surface area (Å²) < 4.78 is 0. The lowest BCUT2D eigenvalue weighted by Gasteiger charge is -2.10. The molecule has 2 rings (SSSR count). The van der Waals surface area contributed by atoms with Gasteiger partial charge in [0.2, 0.25) is 0 Å². The molecule has 0 atom stereocenters. The molecule has 19 heavy (non-hydrogen) atoms. The minimum absolute atomic E-state index is 0.159. The summed E-state index contributed by atoms with van der Waals surface area (Å²) in [5.74, 6) is -0.159. The smallest absolute Gasteiger partial charge is 0.257 e. The third-order valence-electron chi connectivity index (χ3n) is 2.92. The maximum absolute atomic E-state index is 12.1. The molecule has 3 N–H and O–H groups in total. The SMILES string of the molecule is Cc1cncc(C(=O)Nc2cc(CN)ccc2C)c1. The molecule has 0 aliphatic heterocycles. The molecule has 0 fully saturated rings. The number of aromatic nitrogens is 1. The second-order valence-electron chi connectivity index (χ2n) is 4.56. The van der Waals surface area contributed by atoms with Crippen LogP contribution in [0.25, 0.3) is 0 Å². The van der Waals surface area contributed by atoms with E-state index in [1.165, 1.54) is 0 Å². The monoisotopic (exact) mass is 255 g/mol. The summed E-state index contributed by atoms with van der Waals surface area (Å²) in [5, 5.41) is 2.89. The Balaban J connectivity index is 2.23. The van der Waals surface area contributed by atoms with Crippen LogP contribution in [0.2, 0.25) is 0 Å². The standard InChI is InChI=1S/C15H17N3O/c1-10-5-13(9-17-8-10)15(19)18-14-6-12(7-16)4-3-11(14)2/h3-6,8-9H,7,16H2,1-2H3,(H,18,19). The van der Waals surface area contributed by atoms with Crippen LogP contribution < -0.4 is 11.1 Å². The number of nitrogens with zero attached hydrogens (tertiary/aromatic N) is 1. The first-order valence-electron chi connectivity index (χ1n) is 6.13. The van der Waals surface area contributed by atoms with Crippen LogP contribution in [0.15, 0.2) is 36.7 Å². The van der Waals surface area contributed by atoms with E-state index >= 15 is 0 Å². The van der Waals surface area contributed by atoms with Gasteiger partial charge in [-0.3, -0.25) is 9.78 Å². The summed E-state index contributed by atoms with van der Waals surface area (Å²) in [4.78, 5) is 16.2. The molecule has 0 bridgehead atoms. The van der Waals surface area contributed by atoms with Gasteiger partial charge >= 0.3 is 0 Å². The van der Waals surface area contributed by atoms with Crippen LogP contribution in [0.1, 0.15) is 27.0 Å². The molecule has 1 amide bonds. The van der Waals surface area contributed by atoms with Gasteiger partial charge in [-0.2, -0.15) is 0 Å². The average Bonchev–Trinajstić information content (AvgIpc) is 2.41. The van der Waals surface area contributed by atoms with Crippen LogP contribution in [0.5, 0.6) is 0 Å². The average molecular weight is 255 g/mol. The highest BCUT2D eigenvalue weighted by Gasteiger charge is 2.08. The van der Waals surface area contributed by atoms with Crippen molar-refractivity contribution >= 4 is 11.6 Å². The second-order valence-corrected chi connectivity index (χ2v) is 4.56. The molecule has 1 aromatic carbocycles. The van der Waals surface area contributed by atoms with Gasteiger partial charge in [-0.1, -0.05) is 12.1 Å². The molecule has 0 aliphatic carbocycles. The number of aryl methyl sites for hydroxylation is 2.